The fourth-order valence-corrected chi connectivity index (χ4v) is 4.65. The molecule has 3 aromatic heterocycles. The van der Waals surface area contributed by atoms with Crippen LogP contribution in [0.2, 0.25) is 0 Å². The molecule has 0 saturated heterocycles. The van der Waals surface area contributed by atoms with Crippen LogP contribution in [0.4, 0.5) is 13.2 Å². The Hall–Kier alpha value is -3.95. The number of aromatic nitrogens is 6. The van der Waals surface area contributed by atoms with Gasteiger partial charge in [0.2, 0.25) is 5.89 Å². The second-order valence-corrected chi connectivity index (χ2v) is 9.69. The third kappa shape index (κ3) is 4.43. The number of benzene rings is 1. The Labute approximate surface area is 193 Å². The molecule has 186 valence electrons. The summed E-state index contributed by atoms with van der Waals surface area (Å²) in [6.45, 7) is -0.714. The van der Waals surface area contributed by atoms with E-state index in [2.05, 4.69) is 10.1 Å². The van der Waals surface area contributed by atoms with Crippen LogP contribution in [0.3, 0.4) is 0 Å². The van der Waals surface area contributed by atoms with Gasteiger partial charge in [0.05, 0.1) is 29.1 Å². The fourth-order valence-electron chi connectivity index (χ4n) is 3.41. The highest BCUT2D eigenvalue weighted by molar-refractivity contribution is 7.91. The topological polar surface area (TPSA) is 144 Å². The van der Waals surface area contributed by atoms with E-state index in [1.807, 2.05) is 0 Å². The number of fused-ring (bicyclic) bond motifs is 1. The molecule has 4 aromatic rings. The van der Waals surface area contributed by atoms with E-state index in [0.29, 0.717) is 10.7 Å². The maximum absolute atomic E-state index is 12.9. The minimum atomic E-state index is -4.71. The molecule has 0 saturated carbocycles. The summed E-state index contributed by atoms with van der Waals surface area (Å²) >= 11 is 0. The van der Waals surface area contributed by atoms with Gasteiger partial charge in [-0.15, -0.1) is 5.10 Å². The zero-order valence-corrected chi connectivity index (χ0v) is 19.0. The Kier molecular flexibility index (Phi) is 5.78. The highest BCUT2D eigenvalue weighted by atomic mass is 32.2. The maximum atomic E-state index is 12.9. The van der Waals surface area contributed by atoms with Crippen LogP contribution in [-0.2, 0) is 43.2 Å². The molecule has 35 heavy (non-hydrogen) atoms. The van der Waals surface area contributed by atoms with E-state index in [4.69, 9.17) is 4.42 Å². The van der Waals surface area contributed by atoms with E-state index < -0.39 is 55.8 Å². The summed E-state index contributed by atoms with van der Waals surface area (Å²) in [5.74, 6) is -1.89. The number of sulfone groups is 1. The van der Waals surface area contributed by atoms with E-state index >= 15 is 0 Å². The quantitative estimate of drug-likeness (QED) is 0.353. The summed E-state index contributed by atoms with van der Waals surface area (Å²) < 4.78 is 72.8. The SMILES string of the molecule is Cn1c(=O)c2c(ncn2Cc2nn(CCS(=O)(=O)c3cccc(C(F)(F)F)c3)c(=O)o2)n(C)c1=O. The first-order valence-electron chi connectivity index (χ1n) is 9.87. The van der Waals surface area contributed by atoms with Crippen molar-refractivity contribution in [2.45, 2.75) is 24.2 Å². The van der Waals surface area contributed by atoms with Gasteiger partial charge in [-0.1, -0.05) is 6.07 Å². The predicted molar refractivity (Wildman–Crippen MR) is 114 cm³/mol. The number of alkyl halides is 3. The van der Waals surface area contributed by atoms with Gasteiger partial charge in [-0.3, -0.25) is 13.9 Å². The van der Waals surface area contributed by atoms with Gasteiger partial charge in [-0.2, -0.15) is 17.9 Å². The zero-order chi connectivity index (χ0) is 25.7. The number of rotatable bonds is 6. The Bertz CT molecular complexity index is 1720. The lowest BCUT2D eigenvalue weighted by Gasteiger charge is -2.09. The van der Waals surface area contributed by atoms with E-state index in [1.165, 1.54) is 29.6 Å². The molecule has 0 spiro atoms. The third-order valence-corrected chi connectivity index (χ3v) is 6.96. The normalized spacial score (nSPS) is 12.5. The Balaban J connectivity index is 1.57. The van der Waals surface area contributed by atoms with Gasteiger partial charge in [0, 0.05) is 14.1 Å². The monoisotopic (exact) mass is 514 g/mol. The Morgan fingerprint density at radius 1 is 1.09 bits per heavy atom. The van der Waals surface area contributed by atoms with Crippen molar-refractivity contribution in [3.05, 3.63) is 73.4 Å². The number of hydrogen-bond acceptors (Lipinski definition) is 8. The molecule has 0 aliphatic carbocycles. The molecule has 0 amide bonds. The molecule has 0 atom stereocenters. The predicted octanol–water partition coefficient (Wildman–Crippen LogP) is 0.124. The standard InChI is InChI=1S/C19H17F3N6O6S/c1-25-15-14(16(29)26(2)17(25)30)27(10-23-15)9-13-24-28(18(31)34-13)6-7-35(32,33)12-5-3-4-11(8-12)19(20,21)22/h3-5,8,10H,6-7,9H2,1-2H3. The van der Waals surface area contributed by atoms with E-state index in [-0.39, 0.29) is 23.6 Å². The van der Waals surface area contributed by atoms with Crippen LogP contribution in [0.5, 0.6) is 0 Å². The van der Waals surface area contributed by atoms with Crippen LogP contribution in [0.25, 0.3) is 11.2 Å². The highest BCUT2D eigenvalue weighted by Gasteiger charge is 2.31. The van der Waals surface area contributed by atoms with Crippen molar-refractivity contribution in [3.63, 3.8) is 0 Å². The molecule has 0 radical (unpaired) electrons. The van der Waals surface area contributed by atoms with Crippen molar-refractivity contribution in [2.75, 3.05) is 5.75 Å². The summed E-state index contributed by atoms with van der Waals surface area (Å²) in [6.07, 6.45) is -3.46. The van der Waals surface area contributed by atoms with Crippen molar-refractivity contribution >= 4 is 21.0 Å². The molecule has 0 N–H and O–H groups in total. The number of imidazole rings is 1. The average Bonchev–Trinajstić information content (AvgIpc) is 3.37. The molecule has 12 nitrogen and oxygen atoms in total. The first kappa shape index (κ1) is 24.2. The van der Waals surface area contributed by atoms with Crippen molar-refractivity contribution in [1.82, 2.24) is 28.5 Å². The van der Waals surface area contributed by atoms with Gasteiger partial charge in [0.1, 0.15) is 6.54 Å². The average molecular weight is 514 g/mol. The minimum Gasteiger partial charge on any atom is -0.390 e. The molecule has 0 fully saturated rings. The molecular formula is C19H17F3N6O6S. The third-order valence-electron chi connectivity index (χ3n) is 5.26. The number of hydrogen-bond donors (Lipinski definition) is 0. The van der Waals surface area contributed by atoms with Gasteiger partial charge in [0.15, 0.2) is 21.0 Å². The number of halogens is 3. The lowest BCUT2D eigenvalue weighted by atomic mass is 10.2. The Morgan fingerprint density at radius 3 is 2.49 bits per heavy atom. The second-order valence-electron chi connectivity index (χ2n) is 7.58. The van der Waals surface area contributed by atoms with Crippen molar-refractivity contribution < 1.29 is 26.0 Å². The first-order valence-corrected chi connectivity index (χ1v) is 11.5. The molecule has 0 aliphatic rings. The van der Waals surface area contributed by atoms with Crippen molar-refractivity contribution in [2.24, 2.45) is 14.1 Å². The number of nitrogens with zero attached hydrogens (tertiary/aromatic N) is 6. The van der Waals surface area contributed by atoms with Crippen LogP contribution in [-0.4, -0.2) is 42.6 Å². The Morgan fingerprint density at radius 2 is 1.80 bits per heavy atom. The highest BCUT2D eigenvalue weighted by Crippen LogP contribution is 2.30. The minimum absolute atomic E-state index is 0.0546. The molecule has 0 unspecified atom stereocenters. The van der Waals surface area contributed by atoms with E-state index in [1.54, 1.807) is 0 Å². The van der Waals surface area contributed by atoms with Crippen LogP contribution >= 0.6 is 0 Å². The van der Waals surface area contributed by atoms with Crippen LogP contribution in [0, 0.1) is 0 Å². The molecule has 4 rings (SSSR count). The lowest BCUT2D eigenvalue weighted by molar-refractivity contribution is -0.137. The molecule has 3 heterocycles. The zero-order valence-electron chi connectivity index (χ0n) is 18.2. The molecule has 0 aliphatic heterocycles. The molecular weight excluding hydrogens is 497 g/mol. The van der Waals surface area contributed by atoms with E-state index in [9.17, 15) is 36.0 Å². The summed E-state index contributed by atoms with van der Waals surface area (Å²) in [5, 5.41) is 3.90. The maximum Gasteiger partial charge on any atom is 0.437 e. The number of aryl methyl sites for hydroxylation is 2. The smallest absolute Gasteiger partial charge is 0.390 e. The first-order chi connectivity index (χ1) is 16.3. The summed E-state index contributed by atoms with van der Waals surface area (Å²) in [7, 11) is -1.46. The molecule has 0 bridgehead atoms. The van der Waals surface area contributed by atoms with Gasteiger partial charge in [-0.05, 0) is 18.2 Å². The van der Waals surface area contributed by atoms with Gasteiger partial charge < -0.3 is 8.98 Å². The molecule has 16 heteroatoms. The lowest BCUT2D eigenvalue weighted by Crippen LogP contribution is -2.37. The van der Waals surface area contributed by atoms with Crippen molar-refractivity contribution in [1.29, 1.82) is 0 Å². The van der Waals surface area contributed by atoms with Crippen molar-refractivity contribution in [3.8, 4) is 0 Å². The van der Waals surface area contributed by atoms with Gasteiger partial charge >= 0.3 is 17.6 Å². The largest absolute Gasteiger partial charge is 0.437 e. The summed E-state index contributed by atoms with van der Waals surface area (Å²) in [6, 6.07) is 3.27. The fraction of sp³-hybridized carbons (Fsp3) is 0.316. The van der Waals surface area contributed by atoms with Crippen LogP contribution in [0.15, 0.2) is 54.3 Å². The van der Waals surface area contributed by atoms with E-state index in [0.717, 1.165) is 22.8 Å². The van der Waals surface area contributed by atoms with Crippen LogP contribution in [0.1, 0.15) is 11.5 Å². The van der Waals surface area contributed by atoms with Crippen LogP contribution < -0.4 is 17.0 Å². The molecule has 1 aromatic carbocycles. The van der Waals surface area contributed by atoms with Gasteiger partial charge in [-0.25, -0.2) is 23.0 Å². The summed E-state index contributed by atoms with van der Waals surface area (Å²) in [4.78, 5) is 40.2. The second kappa shape index (κ2) is 8.37. The van der Waals surface area contributed by atoms with Gasteiger partial charge in [0.25, 0.3) is 5.56 Å². The summed E-state index contributed by atoms with van der Waals surface area (Å²) in [5.41, 5.74) is -2.17.